The van der Waals surface area contributed by atoms with Crippen molar-refractivity contribution >= 4 is 0 Å². The first-order chi connectivity index (χ1) is 17.7. The fraction of sp³-hybridized carbons (Fsp3) is 0.250. The molecule has 4 rings (SSSR count). The molecule has 0 unspecified atom stereocenters. The number of hydrogen-bond acceptors (Lipinski definition) is 4. The normalized spacial score (nSPS) is 13.1. The lowest BCUT2D eigenvalue weighted by Gasteiger charge is -2.31. The zero-order valence-corrected chi connectivity index (χ0v) is 20.7. The molecule has 0 fully saturated rings. The largest absolute Gasteiger partial charge is 0.389 e. The van der Waals surface area contributed by atoms with Crippen molar-refractivity contribution in [2.45, 2.75) is 38.4 Å². The average Bonchev–Trinajstić information content (AvgIpc) is 2.91. The van der Waals surface area contributed by atoms with Gasteiger partial charge in [-0.1, -0.05) is 121 Å². The van der Waals surface area contributed by atoms with Crippen LogP contribution in [0, 0.1) is 0 Å². The van der Waals surface area contributed by atoms with E-state index in [0.717, 1.165) is 0 Å². The SMILES string of the molecule is O[C@@H](CN(Cc1ccccc1)Cc1ccccc1)[C@@H](O)CN(Cc1ccccc1)Cc1ccccc1. The first-order valence-electron chi connectivity index (χ1n) is 12.6. The van der Waals surface area contributed by atoms with Gasteiger partial charge in [0.05, 0.1) is 12.2 Å². The van der Waals surface area contributed by atoms with Crippen LogP contribution in [0.4, 0.5) is 0 Å². The van der Waals surface area contributed by atoms with Crippen LogP contribution in [0.2, 0.25) is 0 Å². The van der Waals surface area contributed by atoms with Crippen molar-refractivity contribution in [3.8, 4) is 0 Å². The fourth-order valence-electron chi connectivity index (χ4n) is 4.51. The third-order valence-electron chi connectivity index (χ3n) is 6.33. The van der Waals surface area contributed by atoms with Gasteiger partial charge in [0.2, 0.25) is 0 Å². The summed E-state index contributed by atoms with van der Waals surface area (Å²) < 4.78 is 0. The number of aliphatic hydroxyl groups excluding tert-OH is 2. The highest BCUT2D eigenvalue weighted by molar-refractivity contribution is 5.18. The summed E-state index contributed by atoms with van der Waals surface area (Å²) in [5.41, 5.74) is 4.74. The summed E-state index contributed by atoms with van der Waals surface area (Å²) in [4.78, 5) is 4.41. The molecule has 0 saturated carbocycles. The van der Waals surface area contributed by atoms with Crippen molar-refractivity contribution < 1.29 is 10.2 Å². The standard InChI is InChI=1S/C32H36N2O2/c35-31(25-33(21-27-13-5-1-6-14-27)22-28-15-7-2-8-16-28)32(36)26-34(23-29-17-9-3-10-18-29)24-30-19-11-4-12-20-30/h1-20,31-32,35-36H,21-26H2/t31-,32-/m0/s1. The van der Waals surface area contributed by atoms with Gasteiger partial charge in [-0.05, 0) is 22.3 Å². The van der Waals surface area contributed by atoms with Gasteiger partial charge in [0, 0.05) is 39.3 Å². The lowest BCUT2D eigenvalue weighted by atomic mass is 10.1. The second-order valence-corrected chi connectivity index (χ2v) is 9.42. The van der Waals surface area contributed by atoms with Gasteiger partial charge in [0.1, 0.15) is 0 Å². The maximum atomic E-state index is 11.1. The number of benzene rings is 4. The smallest absolute Gasteiger partial charge is 0.0938 e. The number of aliphatic hydroxyl groups is 2. The van der Waals surface area contributed by atoms with Gasteiger partial charge in [0.25, 0.3) is 0 Å². The first kappa shape index (κ1) is 25.8. The molecule has 0 bridgehead atoms. The number of rotatable bonds is 13. The molecule has 4 heteroatoms. The van der Waals surface area contributed by atoms with Gasteiger partial charge in [0.15, 0.2) is 0 Å². The van der Waals surface area contributed by atoms with Gasteiger partial charge in [-0.25, -0.2) is 0 Å². The molecule has 0 aromatic heterocycles. The monoisotopic (exact) mass is 480 g/mol. The Morgan fingerprint density at radius 2 is 0.611 bits per heavy atom. The number of hydrogen-bond donors (Lipinski definition) is 2. The van der Waals surface area contributed by atoms with Crippen molar-refractivity contribution in [1.29, 1.82) is 0 Å². The van der Waals surface area contributed by atoms with Crippen molar-refractivity contribution in [2.75, 3.05) is 13.1 Å². The summed E-state index contributed by atoms with van der Waals surface area (Å²) in [6.45, 7) is 3.59. The minimum atomic E-state index is -0.869. The van der Waals surface area contributed by atoms with Gasteiger partial charge in [-0.15, -0.1) is 0 Å². The van der Waals surface area contributed by atoms with Crippen molar-refractivity contribution in [2.24, 2.45) is 0 Å². The molecule has 0 spiro atoms. The Kier molecular flexibility index (Phi) is 9.83. The van der Waals surface area contributed by atoms with E-state index in [2.05, 4.69) is 58.3 Å². The Labute approximate surface area is 215 Å². The summed E-state index contributed by atoms with van der Waals surface area (Å²) in [6.07, 6.45) is -1.74. The van der Waals surface area contributed by atoms with E-state index in [0.29, 0.717) is 39.3 Å². The molecule has 0 aliphatic rings. The molecule has 0 amide bonds. The van der Waals surface area contributed by atoms with Crippen molar-refractivity contribution in [3.05, 3.63) is 144 Å². The van der Waals surface area contributed by atoms with E-state index in [9.17, 15) is 10.2 Å². The Balaban J connectivity index is 1.43. The fourth-order valence-corrected chi connectivity index (χ4v) is 4.51. The predicted octanol–water partition coefficient (Wildman–Crippen LogP) is 5.11. The van der Waals surface area contributed by atoms with Gasteiger partial charge in [-0.3, -0.25) is 9.80 Å². The van der Waals surface area contributed by atoms with E-state index in [1.54, 1.807) is 0 Å². The second kappa shape index (κ2) is 13.7. The molecule has 2 atom stereocenters. The maximum absolute atomic E-state index is 11.1. The minimum Gasteiger partial charge on any atom is -0.389 e. The van der Waals surface area contributed by atoms with Crippen LogP contribution in [0.25, 0.3) is 0 Å². The highest BCUT2D eigenvalue weighted by Crippen LogP contribution is 2.15. The minimum absolute atomic E-state index is 0.384. The van der Waals surface area contributed by atoms with Gasteiger partial charge >= 0.3 is 0 Å². The Bertz CT molecular complexity index is 948. The second-order valence-electron chi connectivity index (χ2n) is 9.42. The summed E-state index contributed by atoms with van der Waals surface area (Å²) in [7, 11) is 0. The van der Waals surface area contributed by atoms with Crippen LogP contribution in [0.15, 0.2) is 121 Å². The van der Waals surface area contributed by atoms with Crippen LogP contribution in [-0.2, 0) is 26.2 Å². The lowest BCUT2D eigenvalue weighted by Crippen LogP contribution is -2.44. The Morgan fingerprint density at radius 1 is 0.389 bits per heavy atom. The molecule has 4 nitrogen and oxygen atoms in total. The topological polar surface area (TPSA) is 46.9 Å². The molecular weight excluding hydrogens is 444 g/mol. The van der Waals surface area contributed by atoms with Crippen LogP contribution >= 0.6 is 0 Å². The van der Waals surface area contributed by atoms with Crippen LogP contribution in [-0.4, -0.2) is 45.3 Å². The predicted molar refractivity (Wildman–Crippen MR) is 146 cm³/mol. The van der Waals surface area contributed by atoms with Gasteiger partial charge < -0.3 is 10.2 Å². The van der Waals surface area contributed by atoms with Crippen molar-refractivity contribution in [1.82, 2.24) is 9.80 Å². The third kappa shape index (κ3) is 8.43. The molecule has 4 aromatic carbocycles. The lowest BCUT2D eigenvalue weighted by molar-refractivity contribution is -0.0245. The summed E-state index contributed by atoms with van der Waals surface area (Å²) in [6, 6.07) is 41.1. The van der Waals surface area contributed by atoms with Gasteiger partial charge in [-0.2, -0.15) is 0 Å². The quantitative estimate of drug-likeness (QED) is 0.279. The molecule has 2 N–H and O–H groups in total. The van der Waals surface area contributed by atoms with E-state index in [1.807, 2.05) is 72.8 Å². The summed E-state index contributed by atoms with van der Waals surface area (Å²) >= 11 is 0. The zero-order valence-electron chi connectivity index (χ0n) is 20.7. The highest BCUT2D eigenvalue weighted by atomic mass is 16.3. The Morgan fingerprint density at radius 3 is 0.833 bits per heavy atom. The molecule has 0 saturated heterocycles. The number of nitrogens with zero attached hydrogens (tertiary/aromatic N) is 2. The molecule has 4 aromatic rings. The Hall–Kier alpha value is -3.28. The molecule has 36 heavy (non-hydrogen) atoms. The van der Waals surface area contributed by atoms with Crippen LogP contribution < -0.4 is 0 Å². The first-order valence-corrected chi connectivity index (χ1v) is 12.6. The van der Waals surface area contributed by atoms with Crippen LogP contribution in [0.3, 0.4) is 0 Å². The third-order valence-corrected chi connectivity index (χ3v) is 6.33. The molecular formula is C32H36N2O2. The molecule has 0 heterocycles. The van der Waals surface area contributed by atoms with E-state index >= 15 is 0 Å². The summed E-state index contributed by atoms with van der Waals surface area (Å²) in [5.74, 6) is 0. The maximum Gasteiger partial charge on any atom is 0.0938 e. The average molecular weight is 481 g/mol. The van der Waals surface area contributed by atoms with E-state index < -0.39 is 12.2 Å². The summed E-state index contributed by atoms with van der Waals surface area (Å²) in [5, 5.41) is 22.2. The molecule has 0 radical (unpaired) electrons. The highest BCUT2D eigenvalue weighted by Gasteiger charge is 2.23. The molecule has 186 valence electrons. The van der Waals surface area contributed by atoms with E-state index in [4.69, 9.17) is 0 Å². The van der Waals surface area contributed by atoms with Crippen molar-refractivity contribution in [3.63, 3.8) is 0 Å². The molecule has 0 aliphatic heterocycles. The molecule has 0 aliphatic carbocycles. The van der Waals surface area contributed by atoms with E-state index in [-0.39, 0.29) is 0 Å². The van der Waals surface area contributed by atoms with E-state index in [1.165, 1.54) is 22.3 Å². The zero-order chi connectivity index (χ0) is 25.0. The van der Waals surface area contributed by atoms with Crippen LogP contribution in [0.1, 0.15) is 22.3 Å². The van der Waals surface area contributed by atoms with Crippen LogP contribution in [0.5, 0.6) is 0 Å².